The standard InChI is InChI=1S/C19H29N5O/c25-19(24-11-8-15(14-24)13-23-9-4-5-10-23)22-18-20-12-16-6-2-1-3-7-17(16)21-18/h12,15H,1-11,13-14H2,(H,20,21,22,25). The van der Waals surface area contributed by atoms with E-state index in [9.17, 15) is 4.79 Å². The number of nitrogens with zero attached hydrogens (tertiary/aromatic N) is 4. The minimum absolute atomic E-state index is 0.0440. The zero-order valence-electron chi connectivity index (χ0n) is 15.0. The van der Waals surface area contributed by atoms with Gasteiger partial charge in [0.2, 0.25) is 5.95 Å². The molecule has 0 saturated carbocycles. The summed E-state index contributed by atoms with van der Waals surface area (Å²) in [5, 5.41) is 2.92. The smallest absolute Gasteiger partial charge is 0.324 e. The summed E-state index contributed by atoms with van der Waals surface area (Å²) in [5.41, 5.74) is 2.37. The summed E-state index contributed by atoms with van der Waals surface area (Å²) in [5.74, 6) is 1.07. The van der Waals surface area contributed by atoms with Crippen LogP contribution in [0.15, 0.2) is 6.20 Å². The topological polar surface area (TPSA) is 61.4 Å². The van der Waals surface area contributed by atoms with Crippen molar-refractivity contribution in [1.82, 2.24) is 19.8 Å². The van der Waals surface area contributed by atoms with E-state index < -0.39 is 0 Å². The van der Waals surface area contributed by atoms with Crippen molar-refractivity contribution >= 4 is 12.0 Å². The van der Waals surface area contributed by atoms with Gasteiger partial charge in [-0.1, -0.05) is 6.42 Å². The average molecular weight is 343 g/mol. The number of hydrogen-bond acceptors (Lipinski definition) is 4. The van der Waals surface area contributed by atoms with Crippen molar-refractivity contribution in [2.45, 2.75) is 51.4 Å². The Bertz CT molecular complexity index is 614. The van der Waals surface area contributed by atoms with E-state index in [4.69, 9.17) is 0 Å². The van der Waals surface area contributed by atoms with E-state index in [2.05, 4.69) is 20.2 Å². The van der Waals surface area contributed by atoms with Gasteiger partial charge in [0.05, 0.1) is 0 Å². The van der Waals surface area contributed by atoms with Gasteiger partial charge in [-0.05, 0) is 69.5 Å². The Balaban J connectivity index is 1.32. The summed E-state index contributed by atoms with van der Waals surface area (Å²) in [7, 11) is 0. The van der Waals surface area contributed by atoms with Crippen molar-refractivity contribution in [3.63, 3.8) is 0 Å². The Labute approximate surface area is 150 Å². The average Bonchev–Trinajstić information content (AvgIpc) is 3.23. The molecule has 2 saturated heterocycles. The van der Waals surface area contributed by atoms with E-state index in [0.717, 1.165) is 44.6 Å². The lowest BCUT2D eigenvalue weighted by Gasteiger charge is -2.20. The third-order valence-electron chi connectivity index (χ3n) is 5.82. The summed E-state index contributed by atoms with van der Waals surface area (Å²) in [6, 6.07) is -0.0440. The van der Waals surface area contributed by atoms with Gasteiger partial charge in [0.1, 0.15) is 0 Å². The molecule has 6 nitrogen and oxygen atoms in total. The molecule has 3 aliphatic rings. The molecule has 0 spiro atoms. The number of urea groups is 1. The van der Waals surface area contributed by atoms with Crippen molar-refractivity contribution < 1.29 is 4.79 Å². The molecule has 3 heterocycles. The summed E-state index contributed by atoms with van der Waals surface area (Å²) in [6.07, 6.45) is 11.4. The lowest BCUT2D eigenvalue weighted by Crippen LogP contribution is -2.35. The molecule has 136 valence electrons. The highest BCUT2D eigenvalue weighted by molar-refractivity contribution is 5.87. The molecule has 1 aromatic heterocycles. The van der Waals surface area contributed by atoms with Crippen LogP contribution in [-0.2, 0) is 12.8 Å². The van der Waals surface area contributed by atoms with Gasteiger partial charge in [0, 0.05) is 31.5 Å². The Kier molecular flexibility index (Phi) is 5.15. The largest absolute Gasteiger partial charge is 0.324 e. The normalized spacial score (nSPS) is 24.2. The van der Waals surface area contributed by atoms with Crippen LogP contribution in [0.5, 0.6) is 0 Å². The first-order chi connectivity index (χ1) is 12.3. The van der Waals surface area contributed by atoms with Gasteiger partial charge in [-0.25, -0.2) is 14.8 Å². The molecule has 0 bridgehead atoms. The predicted molar refractivity (Wildman–Crippen MR) is 97.7 cm³/mol. The van der Waals surface area contributed by atoms with Crippen LogP contribution in [0.4, 0.5) is 10.7 Å². The first-order valence-corrected chi connectivity index (χ1v) is 9.91. The van der Waals surface area contributed by atoms with Crippen LogP contribution >= 0.6 is 0 Å². The lowest BCUT2D eigenvalue weighted by molar-refractivity contribution is 0.217. The van der Waals surface area contributed by atoms with Crippen LogP contribution in [0.25, 0.3) is 0 Å². The number of fused-ring (bicyclic) bond motifs is 1. The van der Waals surface area contributed by atoms with Gasteiger partial charge in [0.25, 0.3) is 0 Å². The number of anilines is 1. The Morgan fingerprint density at radius 2 is 1.96 bits per heavy atom. The van der Waals surface area contributed by atoms with Gasteiger partial charge in [-0.2, -0.15) is 0 Å². The number of aromatic nitrogens is 2. The summed E-state index contributed by atoms with van der Waals surface area (Å²) < 4.78 is 0. The number of aryl methyl sites for hydroxylation is 2. The molecule has 0 radical (unpaired) electrons. The summed E-state index contributed by atoms with van der Waals surface area (Å²) in [6.45, 7) is 5.29. The number of carbonyl (C=O) groups excluding carboxylic acids is 1. The fraction of sp³-hybridized carbons (Fsp3) is 0.737. The maximum absolute atomic E-state index is 12.6. The molecular formula is C19H29N5O. The van der Waals surface area contributed by atoms with Crippen molar-refractivity contribution in [3.8, 4) is 0 Å². The van der Waals surface area contributed by atoms with Crippen LogP contribution in [0.3, 0.4) is 0 Å². The fourth-order valence-corrected chi connectivity index (χ4v) is 4.38. The third kappa shape index (κ3) is 4.11. The molecule has 1 aromatic rings. The Morgan fingerprint density at radius 1 is 1.12 bits per heavy atom. The zero-order chi connectivity index (χ0) is 17.1. The molecule has 1 aliphatic carbocycles. The molecule has 6 heteroatoms. The number of carbonyl (C=O) groups is 1. The SMILES string of the molecule is O=C(Nc1ncc2c(n1)CCCCC2)N1CCC(CN2CCCC2)C1. The van der Waals surface area contributed by atoms with E-state index in [-0.39, 0.29) is 6.03 Å². The fourth-order valence-electron chi connectivity index (χ4n) is 4.38. The van der Waals surface area contributed by atoms with Crippen molar-refractivity contribution in [3.05, 3.63) is 17.5 Å². The molecule has 4 rings (SSSR count). The minimum atomic E-state index is -0.0440. The van der Waals surface area contributed by atoms with E-state index in [1.807, 2.05) is 11.1 Å². The first kappa shape index (κ1) is 16.8. The van der Waals surface area contributed by atoms with Crippen LogP contribution in [0.1, 0.15) is 49.8 Å². The number of hydrogen-bond donors (Lipinski definition) is 1. The predicted octanol–water partition coefficient (Wildman–Crippen LogP) is 2.70. The quantitative estimate of drug-likeness (QED) is 0.857. The second kappa shape index (κ2) is 7.68. The minimum Gasteiger partial charge on any atom is -0.324 e. The second-order valence-electron chi connectivity index (χ2n) is 7.76. The van der Waals surface area contributed by atoms with E-state index in [1.54, 1.807) is 0 Å². The maximum Gasteiger partial charge on any atom is 0.324 e. The van der Waals surface area contributed by atoms with Gasteiger partial charge < -0.3 is 9.80 Å². The summed E-state index contributed by atoms with van der Waals surface area (Å²) in [4.78, 5) is 26.0. The molecule has 0 aromatic carbocycles. The highest BCUT2D eigenvalue weighted by Gasteiger charge is 2.28. The van der Waals surface area contributed by atoms with E-state index in [0.29, 0.717) is 11.9 Å². The number of nitrogens with one attached hydrogen (secondary N) is 1. The van der Waals surface area contributed by atoms with Crippen molar-refractivity contribution in [2.24, 2.45) is 5.92 Å². The van der Waals surface area contributed by atoms with Gasteiger partial charge in [-0.3, -0.25) is 5.32 Å². The van der Waals surface area contributed by atoms with Crippen LogP contribution < -0.4 is 5.32 Å². The molecule has 2 amide bonds. The highest BCUT2D eigenvalue weighted by Crippen LogP contribution is 2.22. The van der Waals surface area contributed by atoms with Crippen LogP contribution in [0, 0.1) is 5.92 Å². The third-order valence-corrected chi connectivity index (χ3v) is 5.82. The zero-order valence-corrected chi connectivity index (χ0v) is 15.0. The molecule has 1 atom stereocenters. The Morgan fingerprint density at radius 3 is 2.84 bits per heavy atom. The van der Waals surface area contributed by atoms with E-state index >= 15 is 0 Å². The van der Waals surface area contributed by atoms with Crippen molar-refractivity contribution in [2.75, 3.05) is 38.0 Å². The molecule has 25 heavy (non-hydrogen) atoms. The summed E-state index contributed by atoms with van der Waals surface area (Å²) >= 11 is 0. The Hall–Kier alpha value is -1.69. The maximum atomic E-state index is 12.6. The monoisotopic (exact) mass is 343 g/mol. The lowest BCUT2D eigenvalue weighted by atomic mass is 10.1. The van der Waals surface area contributed by atoms with Gasteiger partial charge in [-0.15, -0.1) is 0 Å². The van der Waals surface area contributed by atoms with Gasteiger partial charge in [0.15, 0.2) is 0 Å². The highest BCUT2D eigenvalue weighted by atomic mass is 16.2. The molecule has 2 aliphatic heterocycles. The molecule has 1 unspecified atom stereocenters. The van der Waals surface area contributed by atoms with E-state index in [1.165, 1.54) is 50.8 Å². The molecular weight excluding hydrogens is 314 g/mol. The number of likely N-dealkylation sites (tertiary alicyclic amines) is 2. The molecule has 1 N–H and O–H groups in total. The van der Waals surface area contributed by atoms with Crippen LogP contribution in [-0.4, -0.2) is 58.5 Å². The molecule has 2 fully saturated rings. The number of amides is 2. The number of rotatable bonds is 3. The second-order valence-corrected chi connectivity index (χ2v) is 7.76. The van der Waals surface area contributed by atoms with Crippen molar-refractivity contribution in [1.29, 1.82) is 0 Å². The first-order valence-electron chi connectivity index (χ1n) is 9.91. The van der Waals surface area contributed by atoms with Gasteiger partial charge >= 0.3 is 6.03 Å². The van der Waals surface area contributed by atoms with Crippen LogP contribution in [0.2, 0.25) is 0 Å².